The molecule has 4 aromatic heterocycles. The van der Waals surface area contributed by atoms with Crippen LogP contribution in [0, 0.1) is 6.92 Å². The van der Waals surface area contributed by atoms with Gasteiger partial charge in [0.1, 0.15) is 0 Å². The van der Waals surface area contributed by atoms with Gasteiger partial charge in [0.05, 0.1) is 16.6 Å². The smallest absolute Gasteiger partial charge is 0.235 e. The lowest BCUT2D eigenvalue weighted by molar-refractivity contribution is 0.768. The summed E-state index contributed by atoms with van der Waals surface area (Å²) in [6, 6.07) is 2.08. The summed E-state index contributed by atoms with van der Waals surface area (Å²) in [7, 11) is 1.89. The summed E-state index contributed by atoms with van der Waals surface area (Å²) in [6.07, 6.45) is 3.75. The molecule has 0 aliphatic heterocycles. The van der Waals surface area contributed by atoms with Gasteiger partial charge in [0, 0.05) is 13.2 Å². The maximum absolute atomic E-state index is 4.62. The van der Waals surface area contributed by atoms with Crippen LogP contribution in [0.15, 0.2) is 23.8 Å². The van der Waals surface area contributed by atoms with E-state index in [1.807, 2.05) is 24.0 Å². The van der Waals surface area contributed by atoms with E-state index >= 15 is 0 Å². The molecule has 0 aliphatic rings. The van der Waals surface area contributed by atoms with Crippen LogP contribution in [0.25, 0.3) is 26.2 Å². The van der Waals surface area contributed by atoms with Crippen LogP contribution < -0.4 is 0 Å². The van der Waals surface area contributed by atoms with Crippen LogP contribution in [-0.2, 0) is 7.05 Å². The quantitative estimate of drug-likeness (QED) is 0.571. The van der Waals surface area contributed by atoms with E-state index in [1.54, 1.807) is 16.0 Å². The first kappa shape index (κ1) is 11.7. The summed E-state index contributed by atoms with van der Waals surface area (Å²) in [5.41, 5.74) is 2.19. The summed E-state index contributed by atoms with van der Waals surface area (Å²) >= 11 is 3.17. The van der Waals surface area contributed by atoms with E-state index in [9.17, 15) is 0 Å². The molecule has 20 heavy (non-hydrogen) atoms. The van der Waals surface area contributed by atoms with E-state index in [-0.39, 0.29) is 0 Å². The minimum absolute atomic E-state index is 0.798. The molecule has 0 radical (unpaired) electrons. The van der Waals surface area contributed by atoms with Crippen LogP contribution in [-0.4, -0.2) is 29.6 Å². The van der Waals surface area contributed by atoms with Crippen molar-refractivity contribution in [1.29, 1.82) is 0 Å². The highest BCUT2D eigenvalue weighted by atomic mass is 32.1. The van der Waals surface area contributed by atoms with Gasteiger partial charge in [-0.3, -0.25) is 4.68 Å². The second-order valence-electron chi connectivity index (χ2n) is 4.46. The molecule has 0 atom stereocenters. The lowest BCUT2D eigenvalue weighted by Gasteiger charge is -1.93. The maximum atomic E-state index is 4.62. The minimum Gasteiger partial charge on any atom is -0.275 e. The average Bonchev–Trinajstić information content (AvgIpc) is 3.12. The topological polar surface area (TPSA) is 60.9 Å². The molecule has 100 valence electrons. The zero-order chi connectivity index (χ0) is 13.7. The van der Waals surface area contributed by atoms with Gasteiger partial charge in [0.15, 0.2) is 10.8 Å². The molecule has 0 saturated heterocycles. The fourth-order valence-corrected chi connectivity index (χ4v) is 3.72. The molecule has 0 spiro atoms. The van der Waals surface area contributed by atoms with E-state index in [2.05, 4.69) is 38.8 Å². The predicted octanol–water partition coefficient (Wildman–Crippen LogP) is 2.62. The predicted molar refractivity (Wildman–Crippen MR) is 78.9 cm³/mol. The van der Waals surface area contributed by atoms with Crippen molar-refractivity contribution in [3.63, 3.8) is 0 Å². The normalized spacial score (nSPS) is 11.5. The Hall–Kier alpha value is -2.06. The zero-order valence-electron chi connectivity index (χ0n) is 10.8. The Morgan fingerprint density at radius 1 is 1.25 bits per heavy atom. The molecule has 4 heterocycles. The molecule has 4 rings (SSSR count). The first-order chi connectivity index (χ1) is 9.72. The molecule has 0 saturated carbocycles. The SMILES string of the molecule is Cc1ccsc1-c1nnc2sc(-c3cnn(C)c3)nn12. The lowest BCUT2D eigenvalue weighted by atomic mass is 10.3. The first-order valence-electron chi connectivity index (χ1n) is 5.98. The van der Waals surface area contributed by atoms with Crippen LogP contribution in [0.2, 0.25) is 0 Å². The van der Waals surface area contributed by atoms with Crippen LogP contribution in [0.1, 0.15) is 5.56 Å². The van der Waals surface area contributed by atoms with Gasteiger partial charge >= 0.3 is 0 Å². The fraction of sp³-hybridized carbons (Fsp3) is 0.167. The Morgan fingerprint density at radius 2 is 2.15 bits per heavy atom. The molecule has 0 aromatic carbocycles. The van der Waals surface area contributed by atoms with Crippen molar-refractivity contribution in [1.82, 2.24) is 29.6 Å². The minimum atomic E-state index is 0.798. The Balaban J connectivity index is 1.89. The summed E-state index contributed by atoms with van der Waals surface area (Å²) in [6.45, 7) is 2.07. The van der Waals surface area contributed by atoms with Gasteiger partial charge < -0.3 is 0 Å². The van der Waals surface area contributed by atoms with E-state index in [0.29, 0.717) is 0 Å². The van der Waals surface area contributed by atoms with Gasteiger partial charge in [-0.15, -0.1) is 21.5 Å². The van der Waals surface area contributed by atoms with Crippen molar-refractivity contribution in [3.05, 3.63) is 29.4 Å². The van der Waals surface area contributed by atoms with Crippen molar-refractivity contribution in [3.8, 4) is 21.3 Å². The Kier molecular flexibility index (Phi) is 2.48. The van der Waals surface area contributed by atoms with Crippen molar-refractivity contribution < 1.29 is 0 Å². The van der Waals surface area contributed by atoms with Gasteiger partial charge in [0.25, 0.3) is 0 Å². The summed E-state index contributed by atoms with van der Waals surface area (Å²) in [5, 5.41) is 20.2. The molecule has 8 heteroatoms. The molecule has 0 aliphatic carbocycles. The Bertz CT molecular complexity index is 896. The Labute approximate surface area is 122 Å². The number of nitrogens with zero attached hydrogens (tertiary/aromatic N) is 6. The second kappa shape index (κ2) is 4.22. The molecule has 0 unspecified atom stereocenters. The molecule has 4 aromatic rings. The average molecular weight is 302 g/mol. The van der Waals surface area contributed by atoms with Crippen molar-refractivity contribution in [2.75, 3.05) is 0 Å². The molecular weight excluding hydrogens is 292 g/mol. The maximum Gasteiger partial charge on any atom is 0.235 e. The molecular formula is C12H10N6S2. The van der Waals surface area contributed by atoms with E-state index in [0.717, 1.165) is 26.2 Å². The molecule has 0 N–H and O–H groups in total. The third kappa shape index (κ3) is 1.69. The number of hydrogen-bond donors (Lipinski definition) is 0. The van der Waals surface area contributed by atoms with Crippen molar-refractivity contribution in [2.45, 2.75) is 6.92 Å². The van der Waals surface area contributed by atoms with Gasteiger partial charge in [-0.25, -0.2) is 0 Å². The summed E-state index contributed by atoms with van der Waals surface area (Å²) in [4.78, 5) is 1.91. The van der Waals surface area contributed by atoms with Gasteiger partial charge in [-0.2, -0.15) is 14.7 Å². The highest BCUT2D eigenvalue weighted by Crippen LogP contribution is 2.31. The highest BCUT2D eigenvalue weighted by molar-refractivity contribution is 7.19. The molecule has 6 nitrogen and oxygen atoms in total. The van der Waals surface area contributed by atoms with Crippen LogP contribution in [0.3, 0.4) is 0 Å². The monoisotopic (exact) mass is 302 g/mol. The van der Waals surface area contributed by atoms with Crippen LogP contribution in [0.5, 0.6) is 0 Å². The lowest BCUT2D eigenvalue weighted by Crippen LogP contribution is -1.90. The van der Waals surface area contributed by atoms with Gasteiger partial charge in [-0.1, -0.05) is 11.3 Å². The van der Waals surface area contributed by atoms with E-state index in [4.69, 9.17) is 0 Å². The standard InChI is InChI=1S/C12H10N6S2/c1-7-3-4-19-9(7)10-14-15-12-18(10)16-11(20-12)8-5-13-17(2)6-8/h3-6H,1-2H3. The summed E-state index contributed by atoms with van der Waals surface area (Å²) in [5.74, 6) is 0.805. The molecule has 0 bridgehead atoms. The third-order valence-corrected chi connectivity index (χ3v) is 4.97. The second-order valence-corrected chi connectivity index (χ2v) is 6.33. The van der Waals surface area contributed by atoms with Gasteiger partial charge in [0.2, 0.25) is 4.96 Å². The number of aryl methyl sites for hydroxylation is 2. The van der Waals surface area contributed by atoms with E-state index < -0.39 is 0 Å². The van der Waals surface area contributed by atoms with Crippen molar-refractivity contribution >= 4 is 27.6 Å². The molecule has 0 fully saturated rings. The fourth-order valence-electron chi connectivity index (χ4n) is 2.01. The third-order valence-electron chi connectivity index (χ3n) is 3.01. The first-order valence-corrected chi connectivity index (χ1v) is 7.68. The number of fused-ring (bicyclic) bond motifs is 1. The highest BCUT2D eigenvalue weighted by Gasteiger charge is 2.17. The number of aromatic nitrogens is 6. The number of hydrogen-bond acceptors (Lipinski definition) is 6. The molecule has 0 amide bonds. The number of rotatable bonds is 2. The van der Waals surface area contributed by atoms with Crippen LogP contribution >= 0.6 is 22.7 Å². The number of thiophene rings is 1. The zero-order valence-corrected chi connectivity index (χ0v) is 12.4. The Morgan fingerprint density at radius 3 is 2.85 bits per heavy atom. The largest absolute Gasteiger partial charge is 0.275 e. The van der Waals surface area contributed by atoms with E-state index in [1.165, 1.54) is 16.9 Å². The van der Waals surface area contributed by atoms with Crippen molar-refractivity contribution in [2.24, 2.45) is 7.05 Å². The summed E-state index contributed by atoms with van der Waals surface area (Å²) < 4.78 is 3.58. The van der Waals surface area contributed by atoms with Crippen LogP contribution in [0.4, 0.5) is 0 Å². The van der Waals surface area contributed by atoms with Gasteiger partial charge in [-0.05, 0) is 23.9 Å².